The molecule has 0 saturated heterocycles. The van der Waals surface area contributed by atoms with Crippen LogP contribution in [0.25, 0.3) is 0 Å². The third-order valence-electron chi connectivity index (χ3n) is 3.81. The number of halogens is 1. The van der Waals surface area contributed by atoms with E-state index in [1.165, 1.54) is 13.1 Å². The highest BCUT2D eigenvalue weighted by Crippen LogP contribution is 2.28. The first-order chi connectivity index (χ1) is 12.1. The van der Waals surface area contributed by atoms with Crippen molar-refractivity contribution >= 4 is 34.8 Å². The number of benzene rings is 2. The van der Waals surface area contributed by atoms with Crippen molar-refractivity contribution in [2.24, 2.45) is 5.16 Å². The SMILES string of the molecule is CNC(=O)c1ccc(Cl)c(NC(=O)C2=NO[C@@H](c3ccccc3)C2)c1. The first kappa shape index (κ1) is 17.0. The van der Waals surface area contributed by atoms with Crippen molar-refractivity contribution in [1.29, 1.82) is 0 Å². The molecule has 6 nitrogen and oxygen atoms in total. The number of nitrogens with zero attached hydrogens (tertiary/aromatic N) is 1. The summed E-state index contributed by atoms with van der Waals surface area (Å²) in [6, 6.07) is 14.2. The van der Waals surface area contributed by atoms with E-state index in [1.54, 1.807) is 12.1 Å². The fourth-order valence-corrected chi connectivity index (χ4v) is 2.62. The van der Waals surface area contributed by atoms with Gasteiger partial charge in [0.2, 0.25) is 0 Å². The number of rotatable bonds is 4. The van der Waals surface area contributed by atoms with E-state index in [1.807, 2.05) is 30.3 Å². The second kappa shape index (κ2) is 7.36. The van der Waals surface area contributed by atoms with E-state index in [2.05, 4.69) is 15.8 Å². The van der Waals surface area contributed by atoms with Gasteiger partial charge in [-0.3, -0.25) is 9.59 Å². The van der Waals surface area contributed by atoms with Gasteiger partial charge in [-0.05, 0) is 23.8 Å². The smallest absolute Gasteiger partial charge is 0.273 e. The van der Waals surface area contributed by atoms with Gasteiger partial charge in [-0.25, -0.2) is 0 Å². The van der Waals surface area contributed by atoms with E-state index in [9.17, 15) is 9.59 Å². The minimum absolute atomic E-state index is 0.266. The van der Waals surface area contributed by atoms with E-state index in [-0.39, 0.29) is 17.7 Å². The van der Waals surface area contributed by atoms with Crippen LogP contribution in [0.1, 0.15) is 28.4 Å². The number of hydrogen-bond donors (Lipinski definition) is 2. The predicted octanol–water partition coefficient (Wildman–Crippen LogP) is 3.16. The molecule has 0 unspecified atom stereocenters. The van der Waals surface area contributed by atoms with E-state index in [0.29, 0.717) is 22.7 Å². The van der Waals surface area contributed by atoms with Crippen LogP contribution in [-0.4, -0.2) is 24.6 Å². The third-order valence-corrected chi connectivity index (χ3v) is 4.14. The average Bonchev–Trinajstić information content (AvgIpc) is 3.14. The van der Waals surface area contributed by atoms with Crippen molar-refractivity contribution in [3.8, 4) is 0 Å². The maximum absolute atomic E-state index is 12.4. The number of anilines is 1. The molecule has 128 valence electrons. The molecule has 1 aliphatic heterocycles. The highest BCUT2D eigenvalue weighted by molar-refractivity contribution is 6.44. The summed E-state index contributed by atoms with van der Waals surface area (Å²) in [5.41, 5.74) is 1.97. The molecular formula is C18H16ClN3O3. The minimum atomic E-state index is -0.408. The molecule has 25 heavy (non-hydrogen) atoms. The maximum atomic E-state index is 12.4. The first-order valence-electron chi connectivity index (χ1n) is 7.69. The maximum Gasteiger partial charge on any atom is 0.273 e. The fraction of sp³-hybridized carbons (Fsp3) is 0.167. The second-order valence-corrected chi connectivity index (χ2v) is 5.88. The molecule has 1 aliphatic rings. The Bertz CT molecular complexity index is 837. The van der Waals surface area contributed by atoms with Gasteiger partial charge in [-0.15, -0.1) is 0 Å². The molecule has 0 bridgehead atoms. The predicted molar refractivity (Wildman–Crippen MR) is 95.8 cm³/mol. The van der Waals surface area contributed by atoms with Crippen LogP contribution in [-0.2, 0) is 9.63 Å². The number of nitrogens with one attached hydrogen (secondary N) is 2. The molecule has 0 aromatic heterocycles. The number of amides is 2. The van der Waals surface area contributed by atoms with Gasteiger partial charge in [0.05, 0.1) is 10.7 Å². The van der Waals surface area contributed by atoms with E-state index >= 15 is 0 Å². The monoisotopic (exact) mass is 357 g/mol. The van der Waals surface area contributed by atoms with Crippen LogP contribution in [0.3, 0.4) is 0 Å². The normalized spacial score (nSPS) is 15.9. The molecule has 0 radical (unpaired) electrons. The molecule has 1 heterocycles. The summed E-state index contributed by atoms with van der Waals surface area (Å²) in [7, 11) is 1.53. The number of hydrogen-bond acceptors (Lipinski definition) is 4. The third kappa shape index (κ3) is 3.80. The largest absolute Gasteiger partial charge is 0.387 e. The summed E-state index contributed by atoms with van der Waals surface area (Å²) in [5, 5.41) is 9.41. The summed E-state index contributed by atoms with van der Waals surface area (Å²) in [6.07, 6.45) is 0.0809. The number of oxime groups is 1. The standard InChI is InChI=1S/C18H16ClN3O3/c1-20-17(23)12-7-8-13(19)14(9-12)21-18(24)15-10-16(25-22-15)11-5-3-2-4-6-11/h2-9,16H,10H2,1H3,(H,20,23)(H,21,24)/t16-/m1/s1. The lowest BCUT2D eigenvalue weighted by molar-refractivity contribution is -0.110. The van der Waals surface area contributed by atoms with E-state index < -0.39 is 5.91 Å². The molecule has 0 aliphatic carbocycles. The van der Waals surface area contributed by atoms with Crippen molar-refractivity contribution in [1.82, 2.24) is 5.32 Å². The van der Waals surface area contributed by atoms with Gasteiger partial charge in [-0.1, -0.05) is 47.1 Å². The quantitative estimate of drug-likeness (QED) is 0.882. The van der Waals surface area contributed by atoms with Gasteiger partial charge in [0.15, 0.2) is 6.10 Å². The van der Waals surface area contributed by atoms with Gasteiger partial charge in [0.25, 0.3) is 11.8 Å². The second-order valence-electron chi connectivity index (χ2n) is 5.47. The number of carbonyl (C=O) groups is 2. The Hall–Kier alpha value is -2.86. The van der Waals surface area contributed by atoms with Gasteiger partial charge >= 0.3 is 0 Å². The molecule has 2 aromatic carbocycles. The van der Waals surface area contributed by atoms with Crippen molar-refractivity contribution in [2.45, 2.75) is 12.5 Å². The van der Waals surface area contributed by atoms with Crippen LogP contribution >= 0.6 is 11.6 Å². The zero-order chi connectivity index (χ0) is 17.8. The fourth-order valence-electron chi connectivity index (χ4n) is 2.46. The topological polar surface area (TPSA) is 79.8 Å². The molecule has 1 atom stereocenters. The zero-order valence-electron chi connectivity index (χ0n) is 13.5. The average molecular weight is 358 g/mol. The van der Waals surface area contributed by atoms with Crippen molar-refractivity contribution in [3.05, 3.63) is 64.7 Å². The Morgan fingerprint density at radius 3 is 2.64 bits per heavy atom. The highest BCUT2D eigenvalue weighted by atomic mass is 35.5. The lowest BCUT2D eigenvalue weighted by atomic mass is 10.0. The Labute approximate surface area is 149 Å². The molecular weight excluding hydrogens is 342 g/mol. The Balaban J connectivity index is 1.70. The molecule has 3 rings (SSSR count). The van der Waals surface area contributed by atoms with Crippen molar-refractivity contribution < 1.29 is 14.4 Å². The first-order valence-corrected chi connectivity index (χ1v) is 8.07. The summed E-state index contributed by atoms with van der Waals surface area (Å²) in [6.45, 7) is 0. The number of carbonyl (C=O) groups excluding carboxylic acids is 2. The van der Waals surface area contributed by atoms with Crippen LogP contribution < -0.4 is 10.6 Å². The Kier molecular flexibility index (Phi) is 5.00. The molecule has 2 N–H and O–H groups in total. The molecule has 0 saturated carbocycles. The Morgan fingerprint density at radius 2 is 1.92 bits per heavy atom. The van der Waals surface area contributed by atoms with Crippen LogP contribution in [0, 0.1) is 0 Å². The highest BCUT2D eigenvalue weighted by Gasteiger charge is 2.27. The van der Waals surface area contributed by atoms with Crippen molar-refractivity contribution in [3.63, 3.8) is 0 Å². The van der Waals surface area contributed by atoms with Gasteiger partial charge in [-0.2, -0.15) is 0 Å². The van der Waals surface area contributed by atoms with E-state index in [4.69, 9.17) is 16.4 Å². The van der Waals surface area contributed by atoms with Crippen LogP contribution in [0.2, 0.25) is 5.02 Å². The summed E-state index contributed by atoms with van der Waals surface area (Å²) >= 11 is 6.10. The molecule has 7 heteroatoms. The van der Waals surface area contributed by atoms with Crippen LogP contribution in [0.4, 0.5) is 5.69 Å². The van der Waals surface area contributed by atoms with Crippen LogP contribution in [0.15, 0.2) is 53.7 Å². The van der Waals surface area contributed by atoms with Gasteiger partial charge in [0.1, 0.15) is 5.71 Å². The van der Waals surface area contributed by atoms with Crippen LogP contribution in [0.5, 0.6) is 0 Å². The molecule has 0 spiro atoms. The molecule has 2 aromatic rings. The minimum Gasteiger partial charge on any atom is -0.387 e. The van der Waals surface area contributed by atoms with E-state index in [0.717, 1.165) is 5.56 Å². The summed E-state index contributed by atoms with van der Waals surface area (Å²) in [5.74, 6) is -0.674. The summed E-state index contributed by atoms with van der Waals surface area (Å²) in [4.78, 5) is 29.5. The zero-order valence-corrected chi connectivity index (χ0v) is 14.2. The van der Waals surface area contributed by atoms with Crippen molar-refractivity contribution in [2.75, 3.05) is 12.4 Å². The lowest BCUT2D eigenvalue weighted by Crippen LogP contribution is -2.23. The molecule has 0 fully saturated rings. The summed E-state index contributed by atoms with van der Waals surface area (Å²) < 4.78 is 0. The lowest BCUT2D eigenvalue weighted by Gasteiger charge is -2.09. The van der Waals surface area contributed by atoms with Gasteiger partial charge < -0.3 is 15.5 Å². The van der Waals surface area contributed by atoms with Gasteiger partial charge in [0, 0.05) is 19.0 Å². The Morgan fingerprint density at radius 1 is 1.16 bits per heavy atom. The molecule has 2 amide bonds.